The summed E-state index contributed by atoms with van der Waals surface area (Å²) in [6.07, 6.45) is 3.74. The van der Waals surface area contributed by atoms with Gasteiger partial charge in [-0.05, 0) is 37.5 Å². The van der Waals surface area contributed by atoms with Crippen molar-refractivity contribution in [1.29, 1.82) is 0 Å². The average Bonchev–Trinajstić information content (AvgIpc) is 2.67. The first-order chi connectivity index (χ1) is 7.24. The van der Waals surface area contributed by atoms with Gasteiger partial charge < -0.3 is 5.73 Å². The summed E-state index contributed by atoms with van der Waals surface area (Å²) in [5.74, 6) is 1.28. The number of benzene rings is 1. The molecule has 0 spiro atoms. The van der Waals surface area contributed by atoms with Gasteiger partial charge in [0.05, 0.1) is 0 Å². The molecule has 2 N–H and O–H groups in total. The quantitative estimate of drug-likeness (QED) is 0.849. The van der Waals surface area contributed by atoms with Crippen LogP contribution in [0.5, 0.6) is 0 Å². The molecule has 0 saturated carbocycles. The first-order valence-corrected chi connectivity index (χ1v) is 6.62. The summed E-state index contributed by atoms with van der Waals surface area (Å²) in [6.45, 7) is 2.96. The molecule has 15 heavy (non-hydrogen) atoms. The second kappa shape index (κ2) is 4.58. The normalized spacial score (nSPS) is 25.7. The Morgan fingerprint density at radius 3 is 2.93 bits per heavy atom. The topological polar surface area (TPSA) is 26.0 Å². The van der Waals surface area contributed by atoms with Crippen LogP contribution in [0.1, 0.15) is 24.0 Å². The zero-order chi connectivity index (χ0) is 10.7. The van der Waals surface area contributed by atoms with Gasteiger partial charge in [-0.2, -0.15) is 11.8 Å². The lowest BCUT2D eigenvalue weighted by atomic mass is 9.94. The third kappa shape index (κ3) is 2.56. The van der Waals surface area contributed by atoms with E-state index in [9.17, 15) is 0 Å². The van der Waals surface area contributed by atoms with Gasteiger partial charge >= 0.3 is 0 Å². The Labute approximate surface area is 96.4 Å². The smallest absolute Gasteiger partial charge is 0.0322 e. The molecule has 1 aliphatic heterocycles. The first kappa shape index (κ1) is 11.0. The van der Waals surface area contributed by atoms with E-state index in [-0.39, 0.29) is 0 Å². The van der Waals surface area contributed by atoms with Crippen LogP contribution in [0.25, 0.3) is 0 Å². The standard InChI is InChI=1S/C13H19NS/c1-11-4-2-5-12(8-11)9-13(10-14)6-3-7-15-13/h2,4-5,8H,3,6-7,9-10,14H2,1H3. The maximum Gasteiger partial charge on any atom is 0.0322 e. The number of rotatable bonds is 3. The number of nitrogens with two attached hydrogens (primary N) is 1. The van der Waals surface area contributed by atoms with E-state index >= 15 is 0 Å². The van der Waals surface area contributed by atoms with Crippen molar-refractivity contribution >= 4 is 11.8 Å². The van der Waals surface area contributed by atoms with E-state index in [0.717, 1.165) is 13.0 Å². The average molecular weight is 221 g/mol. The van der Waals surface area contributed by atoms with Crippen molar-refractivity contribution in [2.24, 2.45) is 5.73 Å². The molecule has 1 aliphatic rings. The van der Waals surface area contributed by atoms with Gasteiger partial charge in [0.2, 0.25) is 0 Å². The molecule has 0 aromatic heterocycles. The van der Waals surface area contributed by atoms with Gasteiger partial charge in [-0.25, -0.2) is 0 Å². The summed E-state index contributed by atoms with van der Waals surface area (Å²) in [7, 11) is 0. The van der Waals surface area contributed by atoms with Gasteiger partial charge in [-0.15, -0.1) is 0 Å². The van der Waals surface area contributed by atoms with E-state index in [2.05, 4.69) is 43.0 Å². The molecule has 1 unspecified atom stereocenters. The molecule has 1 heterocycles. The van der Waals surface area contributed by atoms with Crippen LogP contribution >= 0.6 is 11.8 Å². The largest absolute Gasteiger partial charge is 0.329 e. The minimum Gasteiger partial charge on any atom is -0.329 e. The van der Waals surface area contributed by atoms with Crippen molar-refractivity contribution in [3.8, 4) is 0 Å². The van der Waals surface area contributed by atoms with Gasteiger partial charge in [0, 0.05) is 11.3 Å². The Hall–Kier alpha value is -0.470. The maximum absolute atomic E-state index is 5.93. The van der Waals surface area contributed by atoms with Gasteiger partial charge in [-0.1, -0.05) is 29.8 Å². The number of aryl methyl sites for hydroxylation is 1. The predicted molar refractivity (Wildman–Crippen MR) is 68.4 cm³/mol. The molecule has 82 valence electrons. The molecule has 0 amide bonds. The molecule has 1 nitrogen and oxygen atoms in total. The second-order valence-electron chi connectivity index (χ2n) is 4.50. The molecule has 2 heteroatoms. The first-order valence-electron chi connectivity index (χ1n) is 5.64. The molecule has 1 fully saturated rings. The van der Waals surface area contributed by atoms with E-state index in [0.29, 0.717) is 4.75 Å². The number of hydrogen-bond acceptors (Lipinski definition) is 2. The Bertz CT molecular complexity index is 329. The van der Waals surface area contributed by atoms with Crippen LogP contribution in [0.2, 0.25) is 0 Å². The summed E-state index contributed by atoms with van der Waals surface area (Å²) in [5.41, 5.74) is 8.72. The van der Waals surface area contributed by atoms with E-state index in [1.54, 1.807) is 0 Å². The summed E-state index contributed by atoms with van der Waals surface area (Å²) in [4.78, 5) is 0. The van der Waals surface area contributed by atoms with E-state index in [1.807, 2.05) is 0 Å². The number of thioether (sulfide) groups is 1. The van der Waals surface area contributed by atoms with Crippen molar-refractivity contribution in [1.82, 2.24) is 0 Å². The zero-order valence-corrected chi connectivity index (χ0v) is 10.1. The fourth-order valence-corrected chi connectivity index (χ4v) is 3.72. The third-order valence-corrected chi connectivity index (χ3v) is 4.79. The molecular weight excluding hydrogens is 202 g/mol. The highest BCUT2D eigenvalue weighted by molar-refractivity contribution is 8.00. The van der Waals surface area contributed by atoms with Gasteiger partial charge in [0.25, 0.3) is 0 Å². The van der Waals surface area contributed by atoms with E-state index in [4.69, 9.17) is 5.73 Å². The molecule has 1 saturated heterocycles. The highest BCUT2D eigenvalue weighted by Crippen LogP contribution is 2.39. The van der Waals surface area contributed by atoms with Crippen molar-refractivity contribution in [2.75, 3.05) is 12.3 Å². The van der Waals surface area contributed by atoms with Crippen molar-refractivity contribution in [3.05, 3.63) is 35.4 Å². The van der Waals surface area contributed by atoms with Crippen LogP contribution in [0.3, 0.4) is 0 Å². The van der Waals surface area contributed by atoms with Crippen molar-refractivity contribution in [2.45, 2.75) is 30.9 Å². The van der Waals surface area contributed by atoms with Crippen molar-refractivity contribution < 1.29 is 0 Å². The summed E-state index contributed by atoms with van der Waals surface area (Å²) in [6, 6.07) is 8.81. The lowest BCUT2D eigenvalue weighted by Gasteiger charge is -2.26. The molecule has 2 rings (SSSR count). The fraction of sp³-hybridized carbons (Fsp3) is 0.538. The van der Waals surface area contributed by atoms with E-state index in [1.165, 1.54) is 29.7 Å². The highest BCUT2D eigenvalue weighted by Gasteiger charge is 2.33. The molecular formula is C13H19NS. The molecule has 0 radical (unpaired) electrons. The third-order valence-electron chi connectivity index (χ3n) is 3.17. The predicted octanol–water partition coefficient (Wildman–Crippen LogP) is 2.76. The Morgan fingerprint density at radius 1 is 1.47 bits per heavy atom. The summed E-state index contributed by atoms with van der Waals surface area (Å²) in [5, 5.41) is 0. The van der Waals surface area contributed by atoms with Crippen LogP contribution in [0, 0.1) is 6.92 Å². The lowest BCUT2D eigenvalue weighted by Crippen LogP contribution is -2.34. The van der Waals surface area contributed by atoms with Crippen LogP contribution in [0.4, 0.5) is 0 Å². The van der Waals surface area contributed by atoms with Gasteiger partial charge in [-0.3, -0.25) is 0 Å². The van der Waals surface area contributed by atoms with Gasteiger partial charge in [0.1, 0.15) is 0 Å². The number of hydrogen-bond donors (Lipinski definition) is 1. The van der Waals surface area contributed by atoms with Crippen LogP contribution in [-0.4, -0.2) is 17.0 Å². The maximum atomic E-state index is 5.93. The molecule has 0 aliphatic carbocycles. The Balaban J connectivity index is 2.12. The van der Waals surface area contributed by atoms with Crippen molar-refractivity contribution in [3.63, 3.8) is 0 Å². The molecule has 1 aromatic carbocycles. The van der Waals surface area contributed by atoms with Crippen LogP contribution in [0.15, 0.2) is 24.3 Å². The summed E-state index contributed by atoms with van der Waals surface area (Å²) < 4.78 is 0.327. The van der Waals surface area contributed by atoms with Crippen LogP contribution < -0.4 is 5.73 Å². The minimum absolute atomic E-state index is 0.327. The van der Waals surface area contributed by atoms with E-state index < -0.39 is 0 Å². The zero-order valence-electron chi connectivity index (χ0n) is 9.33. The molecule has 1 aromatic rings. The highest BCUT2D eigenvalue weighted by atomic mass is 32.2. The minimum atomic E-state index is 0.327. The molecule has 0 bridgehead atoms. The lowest BCUT2D eigenvalue weighted by molar-refractivity contribution is 0.564. The SMILES string of the molecule is Cc1cccc(CC2(CN)CCCS2)c1. The Kier molecular flexibility index (Phi) is 3.37. The summed E-state index contributed by atoms with van der Waals surface area (Å²) >= 11 is 2.07. The van der Waals surface area contributed by atoms with Gasteiger partial charge in [0.15, 0.2) is 0 Å². The fourth-order valence-electron chi connectivity index (χ4n) is 2.32. The van der Waals surface area contributed by atoms with Crippen LogP contribution in [-0.2, 0) is 6.42 Å². The second-order valence-corrected chi connectivity index (χ2v) is 6.07. The Morgan fingerprint density at radius 2 is 2.33 bits per heavy atom. The molecule has 1 atom stereocenters. The monoisotopic (exact) mass is 221 g/mol.